The first-order valence-corrected chi connectivity index (χ1v) is 6.45. The van der Waals surface area contributed by atoms with Crippen LogP contribution in [0, 0.1) is 0 Å². The summed E-state index contributed by atoms with van der Waals surface area (Å²) in [6, 6.07) is 6.82. The third-order valence-corrected chi connectivity index (χ3v) is 3.17. The van der Waals surface area contributed by atoms with Crippen LogP contribution < -0.4 is 5.73 Å². The van der Waals surface area contributed by atoms with Crippen LogP contribution in [0.4, 0.5) is 0 Å². The van der Waals surface area contributed by atoms with E-state index in [-0.39, 0.29) is 12.4 Å². The van der Waals surface area contributed by atoms with Crippen molar-refractivity contribution in [3.8, 4) is 0 Å². The molecule has 1 aromatic heterocycles. The second kappa shape index (κ2) is 5.99. The fourth-order valence-corrected chi connectivity index (χ4v) is 2.18. The SMILES string of the molecule is CCOC(=O)C[C@H](N)c1ccc(Cl)c2cccnc12. The summed E-state index contributed by atoms with van der Waals surface area (Å²) < 4.78 is 4.90. The van der Waals surface area contributed by atoms with Gasteiger partial charge in [0.25, 0.3) is 0 Å². The van der Waals surface area contributed by atoms with Gasteiger partial charge in [0.05, 0.1) is 18.5 Å². The van der Waals surface area contributed by atoms with Crippen LogP contribution in [-0.2, 0) is 9.53 Å². The van der Waals surface area contributed by atoms with Gasteiger partial charge in [-0.3, -0.25) is 9.78 Å². The molecule has 1 aromatic carbocycles. The quantitative estimate of drug-likeness (QED) is 0.874. The molecule has 0 aliphatic rings. The smallest absolute Gasteiger partial charge is 0.307 e. The molecule has 2 N–H and O–H groups in total. The van der Waals surface area contributed by atoms with E-state index < -0.39 is 6.04 Å². The van der Waals surface area contributed by atoms with Gasteiger partial charge in [-0.15, -0.1) is 0 Å². The number of pyridine rings is 1. The Bertz CT molecular complexity index is 601. The van der Waals surface area contributed by atoms with E-state index in [0.29, 0.717) is 11.6 Å². The van der Waals surface area contributed by atoms with E-state index in [1.807, 2.05) is 18.2 Å². The standard InChI is InChI=1S/C14H15ClN2O2/c1-2-19-13(18)8-12(16)10-5-6-11(15)9-4-3-7-17-14(9)10/h3-7,12H,2,8,16H2,1H3/t12-/m0/s1. The first kappa shape index (κ1) is 13.8. The summed E-state index contributed by atoms with van der Waals surface area (Å²) in [6.07, 6.45) is 1.81. The normalized spacial score (nSPS) is 12.4. The third kappa shape index (κ3) is 3.03. The number of carbonyl (C=O) groups is 1. The fraction of sp³-hybridized carbons (Fsp3) is 0.286. The molecule has 0 fully saturated rings. The Morgan fingerprint density at radius 1 is 1.47 bits per heavy atom. The molecule has 19 heavy (non-hydrogen) atoms. The van der Waals surface area contributed by atoms with Crippen molar-refractivity contribution in [2.45, 2.75) is 19.4 Å². The lowest BCUT2D eigenvalue weighted by Gasteiger charge is -2.14. The van der Waals surface area contributed by atoms with E-state index in [1.165, 1.54) is 0 Å². The zero-order valence-corrected chi connectivity index (χ0v) is 11.4. The molecule has 1 heterocycles. The van der Waals surface area contributed by atoms with Gasteiger partial charge in [-0.1, -0.05) is 17.7 Å². The van der Waals surface area contributed by atoms with Crippen LogP contribution in [0.25, 0.3) is 10.9 Å². The van der Waals surface area contributed by atoms with Gasteiger partial charge in [0.1, 0.15) is 0 Å². The van der Waals surface area contributed by atoms with Crippen molar-refractivity contribution in [3.63, 3.8) is 0 Å². The van der Waals surface area contributed by atoms with Crippen molar-refractivity contribution < 1.29 is 9.53 Å². The van der Waals surface area contributed by atoms with E-state index in [2.05, 4.69) is 4.98 Å². The van der Waals surface area contributed by atoms with E-state index in [0.717, 1.165) is 16.5 Å². The Hall–Kier alpha value is -1.65. The predicted molar refractivity (Wildman–Crippen MR) is 74.9 cm³/mol. The van der Waals surface area contributed by atoms with Gasteiger partial charge in [-0.2, -0.15) is 0 Å². The molecule has 0 amide bonds. The largest absolute Gasteiger partial charge is 0.466 e. The number of hydrogen-bond donors (Lipinski definition) is 1. The number of hydrogen-bond acceptors (Lipinski definition) is 4. The number of nitrogens with two attached hydrogens (primary N) is 1. The van der Waals surface area contributed by atoms with Crippen LogP contribution in [0.3, 0.4) is 0 Å². The molecule has 2 rings (SSSR count). The Labute approximate surface area is 116 Å². The van der Waals surface area contributed by atoms with Gasteiger partial charge in [0, 0.05) is 22.6 Å². The van der Waals surface area contributed by atoms with Crippen molar-refractivity contribution in [3.05, 3.63) is 41.0 Å². The van der Waals surface area contributed by atoms with Gasteiger partial charge >= 0.3 is 5.97 Å². The molecular formula is C14H15ClN2O2. The number of fused-ring (bicyclic) bond motifs is 1. The first-order valence-electron chi connectivity index (χ1n) is 6.07. The number of nitrogens with zero attached hydrogens (tertiary/aromatic N) is 1. The van der Waals surface area contributed by atoms with Crippen molar-refractivity contribution in [1.82, 2.24) is 4.98 Å². The zero-order chi connectivity index (χ0) is 13.8. The molecule has 0 unspecified atom stereocenters. The topological polar surface area (TPSA) is 65.2 Å². The summed E-state index contributed by atoms with van der Waals surface area (Å²) in [5.74, 6) is -0.311. The molecule has 0 saturated carbocycles. The molecule has 0 spiro atoms. The average Bonchev–Trinajstić information content (AvgIpc) is 2.39. The van der Waals surface area contributed by atoms with Crippen molar-refractivity contribution in [2.75, 3.05) is 6.61 Å². The van der Waals surface area contributed by atoms with Crippen LogP contribution in [-0.4, -0.2) is 17.6 Å². The van der Waals surface area contributed by atoms with Crippen LogP contribution in [0.5, 0.6) is 0 Å². The van der Waals surface area contributed by atoms with Crippen molar-refractivity contribution in [2.24, 2.45) is 5.73 Å². The van der Waals surface area contributed by atoms with Crippen LogP contribution in [0.2, 0.25) is 5.02 Å². The number of rotatable bonds is 4. The molecule has 0 aliphatic carbocycles. The fourth-order valence-electron chi connectivity index (χ4n) is 1.97. The van der Waals surface area contributed by atoms with E-state index >= 15 is 0 Å². The number of esters is 1. The Balaban J connectivity index is 2.35. The lowest BCUT2D eigenvalue weighted by Crippen LogP contribution is -2.17. The Morgan fingerprint density at radius 3 is 3.00 bits per heavy atom. The maximum atomic E-state index is 11.5. The molecular weight excluding hydrogens is 264 g/mol. The highest BCUT2D eigenvalue weighted by Gasteiger charge is 2.16. The van der Waals surface area contributed by atoms with Crippen molar-refractivity contribution >= 4 is 28.5 Å². The van der Waals surface area contributed by atoms with Crippen molar-refractivity contribution in [1.29, 1.82) is 0 Å². The summed E-state index contributed by atoms with van der Waals surface area (Å²) in [4.78, 5) is 15.8. The Morgan fingerprint density at radius 2 is 2.26 bits per heavy atom. The number of ether oxygens (including phenoxy) is 1. The molecule has 2 aromatic rings. The van der Waals surface area contributed by atoms with E-state index in [4.69, 9.17) is 22.1 Å². The number of benzene rings is 1. The molecule has 5 heteroatoms. The van der Waals surface area contributed by atoms with Gasteiger partial charge < -0.3 is 10.5 Å². The summed E-state index contributed by atoms with van der Waals surface area (Å²) in [6.45, 7) is 2.12. The zero-order valence-electron chi connectivity index (χ0n) is 10.6. The van der Waals surface area contributed by atoms with E-state index in [1.54, 1.807) is 19.2 Å². The molecule has 0 aliphatic heterocycles. The minimum absolute atomic E-state index is 0.126. The minimum atomic E-state index is -0.450. The highest BCUT2D eigenvalue weighted by atomic mass is 35.5. The first-order chi connectivity index (χ1) is 9.13. The van der Waals surface area contributed by atoms with Crippen LogP contribution >= 0.6 is 11.6 Å². The highest BCUT2D eigenvalue weighted by Crippen LogP contribution is 2.28. The molecule has 0 bridgehead atoms. The molecule has 0 radical (unpaired) electrons. The van der Waals surface area contributed by atoms with Gasteiger partial charge in [-0.05, 0) is 30.7 Å². The summed E-state index contributed by atoms with van der Waals surface area (Å²) >= 11 is 6.12. The van der Waals surface area contributed by atoms with Gasteiger partial charge in [0.15, 0.2) is 0 Å². The van der Waals surface area contributed by atoms with Crippen LogP contribution in [0.15, 0.2) is 30.5 Å². The maximum absolute atomic E-state index is 11.5. The van der Waals surface area contributed by atoms with E-state index in [9.17, 15) is 4.79 Å². The van der Waals surface area contributed by atoms with Gasteiger partial charge in [-0.25, -0.2) is 0 Å². The van der Waals surface area contributed by atoms with Gasteiger partial charge in [0.2, 0.25) is 0 Å². The summed E-state index contributed by atoms with van der Waals surface area (Å²) in [5.41, 5.74) is 7.59. The minimum Gasteiger partial charge on any atom is -0.466 e. The maximum Gasteiger partial charge on any atom is 0.307 e. The number of halogens is 1. The third-order valence-electron chi connectivity index (χ3n) is 2.84. The predicted octanol–water partition coefficient (Wildman–Crippen LogP) is 2.84. The van der Waals surface area contributed by atoms with Crippen LogP contribution in [0.1, 0.15) is 24.9 Å². The molecule has 100 valence electrons. The monoisotopic (exact) mass is 278 g/mol. The number of aromatic nitrogens is 1. The second-order valence-electron chi connectivity index (χ2n) is 4.15. The lowest BCUT2D eigenvalue weighted by atomic mass is 10.0. The highest BCUT2D eigenvalue weighted by molar-refractivity contribution is 6.35. The molecule has 1 atom stereocenters. The second-order valence-corrected chi connectivity index (χ2v) is 4.56. The molecule has 0 saturated heterocycles. The summed E-state index contributed by atoms with van der Waals surface area (Å²) in [7, 11) is 0. The average molecular weight is 279 g/mol. The summed E-state index contributed by atoms with van der Waals surface area (Å²) in [5, 5.41) is 1.45. The number of carbonyl (C=O) groups excluding carboxylic acids is 1. The lowest BCUT2D eigenvalue weighted by molar-refractivity contribution is -0.143. The Kier molecular flexibility index (Phi) is 4.35. The molecule has 4 nitrogen and oxygen atoms in total.